The van der Waals surface area contributed by atoms with Gasteiger partial charge in [0.1, 0.15) is 5.82 Å². The number of aliphatic carboxylic acids is 1. The van der Waals surface area contributed by atoms with Gasteiger partial charge in [0.2, 0.25) is 0 Å². The number of halogens is 1. The van der Waals surface area contributed by atoms with Crippen molar-refractivity contribution in [3.63, 3.8) is 0 Å². The molecule has 5 rings (SSSR count). The minimum atomic E-state index is -0.821. The van der Waals surface area contributed by atoms with Gasteiger partial charge in [-0.05, 0) is 74.6 Å². The van der Waals surface area contributed by atoms with Crippen LogP contribution < -0.4 is 0 Å². The van der Waals surface area contributed by atoms with Crippen molar-refractivity contribution >= 4 is 27.8 Å². The van der Waals surface area contributed by atoms with E-state index in [1.165, 1.54) is 6.07 Å². The Labute approximate surface area is 185 Å². The van der Waals surface area contributed by atoms with Crippen LogP contribution in [0.15, 0.2) is 30.3 Å². The third-order valence-electron chi connectivity index (χ3n) is 6.57. The number of hydrogen-bond donors (Lipinski definition) is 2. The van der Waals surface area contributed by atoms with E-state index in [4.69, 9.17) is 4.74 Å². The molecule has 3 heterocycles. The molecule has 0 radical (unpaired) electrons. The number of H-pyrrole nitrogens is 1. The molecule has 0 saturated carbocycles. The van der Waals surface area contributed by atoms with Crippen LogP contribution in [0, 0.1) is 19.7 Å². The summed E-state index contributed by atoms with van der Waals surface area (Å²) in [6, 6.07) is 9.35. The average Bonchev–Trinajstić information content (AvgIpc) is 3.30. The van der Waals surface area contributed by atoms with E-state index in [0.29, 0.717) is 25.2 Å². The Balaban J connectivity index is 1.85. The number of aromatic nitrogens is 3. The number of carboxylic acids is 1. The number of ether oxygens (including phenoxy) is 1. The number of aryl methyl sites for hydroxylation is 3. The van der Waals surface area contributed by atoms with E-state index in [9.17, 15) is 14.3 Å². The Morgan fingerprint density at radius 2 is 2.00 bits per heavy atom. The number of carbonyl (C=O) groups is 1. The van der Waals surface area contributed by atoms with Gasteiger partial charge >= 0.3 is 5.97 Å². The van der Waals surface area contributed by atoms with E-state index >= 15 is 0 Å². The number of fused-ring (bicyclic) bond motifs is 2. The first-order valence-electron chi connectivity index (χ1n) is 11.0. The van der Waals surface area contributed by atoms with Crippen molar-refractivity contribution in [1.82, 2.24) is 14.8 Å². The summed E-state index contributed by atoms with van der Waals surface area (Å²) in [7, 11) is 0. The highest BCUT2D eigenvalue weighted by molar-refractivity contribution is 6.00. The minimum absolute atomic E-state index is 0.0510. The molecular formula is C25H26FN3O3. The molecule has 0 aliphatic carbocycles. The van der Waals surface area contributed by atoms with Crippen molar-refractivity contribution in [2.45, 2.75) is 45.4 Å². The van der Waals surface area contributed by atoms with Gasteiger partial charge in [-0.1, -0.05) is 0 Å². The van der Waals surface area contributed by atoms with Crippen molar-refractivity contribution in [2.75, 3.05) is 13.2 Å². The molecule has 1 aliphatic heterocycles. The molecule has 1 fully saturated rings. The van der Waals surface area contributed by atoms with Gasteiger partial charge in [-0.2, -0.15) is 5.10 Å². The van der Waals surface area contributed by atoms with Crippen molar-refractivity contribution in [2.24, 2.45) is 0 Å². The summed E-state index contributed by atoms with van der Waals surface area (Å²) in [4.78, 5) is 11.5. The van der Waals surface area contributed by atoms with Gasteiger partial charge in [0.05, 0.1) is 11.0 Å². The van der Waals surface area contributed by atoms with Crippen LogP contribution in [0.2, 0.25) is 0 Å². The highest BCUT2D eigenvalue weighted by Crippen LogP contribution is 2.40. The van der Waals surface area contributed by atoms with E-state index in [1.54, 1.807) is 13.0 Å². The largest absolute Gasteiger partial charge is 0.481 e. The summed E-state index contributed by atoms with van der Waals surface area (Å²) in [6.45, 7) is 5.11. The van der Waals surface area contributed by atoms with Crippen molar-refractivity contribution in [3.05, 3.63) is 58.7 Å². The van der Waals surface area contributed by atoms with Crippen LogP contribution in [0.25, 0.3) is 27.5 Å². The lowest BCUT2D eigenvalue weighted by molar-refractivity contribution is -0.136. The molecule has 7 heteroatoms. The smallest absolute Gasteiger partial charge is 0.303 e. The molecule has 1 saturated heterocycles. The Kier molecular flexibility index (Phi) is 5.21. The predicted molar refractivity (Wildman–Crippen MR) is 121 cm³/mol. The quantitative estimate of drug-likeness (QED) is 0.453. The predicted octanol–water partition coefficient (Wildman–Crippen LogP) is 5.17. The molecule has 0 atom stereocenters. The maximum Gasteiger partial charge on any atom is 0.303 e. The van der Waals surface area contributed by atoms with Crippen LogP contribution in [-0.2, 0) is 16.0 Å². The summed E-state index contributed by atoms with van der Waals surface area (Å²) in [5, 5.41) is 18.9. The number of hydrogen-bond acceptors (Lipinski definition) is 3. The molecule has 2 aromatic carbocycles. The summed E-state index contributed by atoms with van der Waals surface area (Å²) in [5.41, 5.74) is 6.45. The number of rotatable bonds is 5. The second-order valence-electron chi connectivity index (χ2n) is 8.65. The molecule has 4 aromatic rings. The van der Waals surface area contributed by atoms with E-state index < -0.39 is 5.97 Å². The standard InChI is InChI=1S/C25H26FN3O3/c1-14-11-17(3-5-21(14)26)29-23-13-19-15(2)27-28-22(19)12-20(23)18(4-6-24(30)31)25(29)16-7-9-32-10-8-16/h3,5,11-13,16H,4,6-10H2,1-2H3,(H,27,28)(H,30,31). The van der Waals surface area contributed by atoms with Crippen molar-refractivity contribution in [1.29, 1.82) is 0 Å². The van der Waals surface area contributed by atoms with Gasteiger partial charge < -0.3 is 14.4 Å². The zero-order valence-electron chi connectivity index (χ0n) is 18.2. The first-order chi connectivity index (χ1) is 15.4. The third-order valence-corrected chi connectivity index (χ3v) is 6.57. The second kappa shape index (κ2) is 8.06. The van der Waals surface area contributed by atoms with E-state index in [-0.39, 0.29) is 18.2 Å². The van der Waals surface area contributed by atoms with Gasteiger partial charge in [-0.3, -0.25) is 9.89 Å². The molecule has 6 nitrogen and oxygen atoms in total. The van der Waals surface area contributed by atoms with E-state index in [2.05, 4.69) is 26.9 Å². The SMILES string of the molecule is Cc1cc(-n2c(C3CCOCC3)c(CCC(=O)O)c3cc4n[nH]c(C)c4cc32)ccc1F. The Bertz CT molecular complexity index is 1330. The molecule has 1 aliphatic rings. The zero-order chi connectivity index (χ0) is 22.4. The van der Waals surface area contributed by atoms with Gasteiger partial charge in [-0.25, -0.2) is 4.39 Å². The van der Waals surface area contributed by atoms with Crippen molar-refractivity contribution < 1.29 is 19.0 Å². The zero-order valence-corrected chi connectivity index (χ0v) is 18.2. The van der Waals surface area contributed by atoms with Gasteiger partial charge in [0.25, 0.3) is 0 Å². The van der Waals surface area contributed by atoms with Crippen LogP contribution in [0.1, 0.15) is 47.7 Å². The fourth-order valence-electron chi connectivity index (χ4n) is 4.94. The monoisotopic (exact) mass is 435 g/mol. The van der Waals surface area contributed by atoms with Crippen molar-refractivity contribution in [3.8, 4) is 5.69 Å². The number of nitrogens with one attached hydrogen (secondary N) is 1. The Morgan fingerprint density at radius 3 is 2.72 bits per heavy atom. The summed E-state index contributed by atoms with van der Waals surface area (Å²) in [5.74, 6) is -0.824. The molecule has 2 N–H and O–H groups in total. The van der Waals surface area contributed by atoms with E-state index in [1.807, 2.05) is 13.0 Å². The van der Waals surface area contributed by atoms with Crippen LogP contribution >= 0.6 is 0 Å². The fraction of sp³-hybridized carbons (Fsp3) is 0.360. The molecule has 2 aromatic heterocycles. The van der Waals surface area contributed by atoms with Crippen LogP contribution in [-0.4, -0.2) is 39.1 Å². The average molecular weight is 435 g/mol. The maximum atomic E-state index is 14.1. The Morgan fingerprint density at radius 1 is 1.22 bits per heavy atom. The van der Waals surface area contributed by atoms with Gasteiger partial charge in [-0.15, -0.1) is 0 Å². The minimum Gasteiger partial charge on any atom is -0.481 e. The highest BCUT2D eigenvalue weighted by atomic mass is 19.1. The van der Waals surface area contributed by atoms with Gasteiger partial charge in [0.15, 0.2) is 0 Å². The van der Waals surface area contributed by atoms with Crippen LogP contribution in [0.4, 0.5) is 4.39 Å². The third kappa shape index (κ3) is 3.46. The lowest BCUT2D eigenvalue weighted by Gasteiger charge is -2.26. The first kappa shape index (κ1) is 20.7. The fourth-order valence-corrected chi connectivity index (χ4v) is 4.94. The van der Waals surface area contributed by atoms with E-state index in [0.717, 1.165) is 57.3 Å². The lowest BCUT2D eigenvalue weighted by atomic mass is 9.91. The Hall–Kier alpha value is -3.19. The summed E-state index contributed by atoms with van der Waals surface area (Å²) in [6.07, 6.45) is 2.22. The molecule has 0 unspecified atom stereocenters. The highest BCUT2D eigenvalue weighted by Gasteiger charge is 2.28. The van der Waals surface area contributed by atoms with Crippen LogP contribution in [0.3, 0.4) is 0 Å². The van der Waals surface area contributed by atoms with Crippen LogP contribution in [0.5, 0.6) is 0 Å². The normalized spacial score (nSPS) is 15.1. The molecular weight excluding hydrogens is 409 g/mol. The molecule has 0 spiro atoms. The first-order valence-corrected chi connectivity index (χ1v) is 11.0. The van der Waals surface area contributed by atoms with Gasteiger partial charge in [0, 0.05) is 53.4 Å². The second-order valence-corrected chi connectivity index (χ2v) is 8.65. The molecule has 32 heavy (non-hydrogen) atoms. The molecule has 0 bridgehead atoms. The number of nitrogens with zero attached hydrogens (tertiary/aromatic N) is 2. The molecule has 0 amide bonds. The number of carboxylic acid groups (broad SMARTS) is 1. The topological polar surface area (TPSA) is 80.1 Å². The summed E-state index contributed by atoms with van der Waals surface area (Å²) < 4.78 is 21.9. The molecule has 166 valence electrons. The maximum absolute atomic E-state index is 14.1. The number of benzene rings is 2. The lowest BCUT2D eigenvalue weighted by Crippen LogP contribution is -2.18. The number of aromatic amines is 1. The summed E-state index contributed by atoms with van der Waals surface area (Å²) >= 11 is 0.